The average Bonchev–Trinajstić information content (AvgIpc) is 2.69. The molecule has 0 aliphatic carbocycles. The summed E-state index contributed by atoms with van der Waals surface area (Å²) in [5.41, 5.74) is 6.35. The van der Waals surface area contributed by atoms with E-state index in [1.807, 2.05) is 64.1 Å². The van der Waals surface area contributed by atoms with Crippen LogP contribution in [0, 0.1) is 27.7 Å². The van der Waals surface area contributed by atoms with Crippen LogP contribution in [0.1, 0.15) is 48.1 Å². The second kappa shape index (κ2) is 12.0. The van der Waals surface area contributed by atoms with Crippen molar-refractivity contribution in [1.82, 2.24) is 0 Å². The summed E-state index contributed by atoms with van der Waals surface area (Å²) >= 11 is 0. The molecule has 2 aromatic rings. The third kappa shape index (κ3) is 7.06. The standard InChI is InChI=1S/C26H35NO4/c1-8-9-11-29-24-16-20(4)26(21(5)17-24)31-13-10-12-30-23-14-18(2)25(19(3)15-23)22(6)27-28-7/h8-9,14-17H,10-13H2,1-7H3/b9-8+,27-22+. The van der Waals surface area contributed by atoms with Gasteiger partial charge in [-0.3, -0.25) is 0 Å². The Bertz CT molecular complexity index is 885. The van der Waals surface area contributed by atoms with Crippen LogP contribution < -0.4 is 14.2 Å². The lowest BCUT2D eigenvalue weighted by atomic mass is 9.99. The van der Waals surface area contributed by atoms with Gasteiger partial charge in [0.2, 0.25) is 0 Å². The topological polar surface area (TPSA) is 49.3 Å². The monoisotopic (exact) mass is 425 g/mol. The highest BCUT2D eigenvalue weighted by atomic mass is 16.6. The van der Waals surface area contributed by atoms with E-state index in [0.29, 0.717) is 19.8 Å². The molecule has 0 unspecified atom stereocenters. The van der Waals surface area contributed by atoms with Crippen LogP contribution in [0.15, 0.2) is 41.6 Å². The first kappa shape index (κ1) is 24.3. The maximum absolute atomic E-state index is 6.03. The molecule has 2 aromatic carbocycles. The number of rotatable bonds is 11. The lowest BCUT2D eigenvalue weighted by molar-refractivity contribution is 0.213. The Hall–Kier alpha value is -2.95. The molecule has 0 heterocycles. The van der Waals surface area contributed by atoms with E-state index >= 15 is 0 Å². The van der Waals surface area contributed by atoms with Gasteiger partial charge in [0.15, 0.2) is 0 Å². The van der Waals surface area contributed by atoms with Crippen molar-refractivity contribution in [3.05, 3.63) is 64.2 Å². The minimum Gasteiger partial charge on any atom is -0.493 e. The lowest BCUT2D eigenvalue weighted by Gasteiger charge is -2.15. The van der Waals surface area contributed by atoms with Gasteiger partial charge in [-0.15, -0.1) is 0 Å². The molecule has 0 aliphatic heterocycles. The molecule has 0 radical (unpaired) electrons. The van der Waals surface area contributed by atoms with E-state index < -0.39 is 0 Å². The average molecular weight is 426 g/mol. The molecule has 168 valence electrons. The zero-order valence-electron chi connectivity index (χ0n) is 19.9. The molecule has 0 amide bonds. The van der Waals surface area contributed by atoms with Crippen molar-refractivity contribution >= 4 is 5.71 Å². The van der Waals surface area contributed by atoms with Crippen LogP contribution in [0.2, 0.25) is 0 Å². The first-order valence-corrected chi connectivity index (χ1v) is 10.7. The Kier molecular flexibility index (Phi) is 9.44. The molecule has 0 saturated carbocycles. The predicted molar refractivity (Wildman–Crippen MR) is 127 cm³/mol. The Balaban J connectivity index is 1.88. The molecule has 0 spiro atoms. The van der Waals surface area contributed by atoms with Gasteiger partial charge in [-0.25, -0.2) is 0 Å². The molecule has 0 bridgehead atoms. The predicted octanol–water partition coefficient (Wildman–Crippen LogP) is 6.09. The minimum atomic E-state index is 0.575. The first-order valence-electron chi connectivity index (χ1n) is 10.7. The summed E-state index contributed by atoms with van der Waals surface area (Å²) in [6.07, 6.45) is 4.76. The highest BCUT2D eigenvalue weighted by Crippen LogP contribution is 2.29. The summed E-state index contributed by atoms with van der Waals surface area (Å²) in [6, 6.07) is 8.12. The fraction of sp³-hybridized carbons (Fsp3) is 0.423. The molecule has 0 aliphatic rings. The minimum absolute atomic E-state index is 0.575. The summed E-state index contributed by atoms with van der Waals surface area (Å²) in [6.45, 7) is 13.9. The molecule has 0 saturated heterocycles. The Morgan fingerprint density at radius 2 is 1.39 bits per heavy atom. The van der Waals surface area contributed by atoms with Gasteiger partial charge in [0.1, 0.15) is 31.0 Å². The normalized spacial score (nSPS) is 11.6. The van der Waals surface area contributed by atoms with Crippen LogP contribution in [-0.2, 0) is 4.84 Å². The van der Waals surface area contributed by atoms with Crippen LogP contribution in [0.5, 0.6) is 17.2 Å². The molecule has 0 N–H and O–H groups in total. The van der Waals surface area contributed by atoms with Crippen LogP contribution >= 0.6 is 0 Å². The van der Waals surface area contributed by atoms with Crippen molar-refractivity contribution in [3.8, 4) is 17.2 Å². The number of benzene rings is 2. The molecule has 0 fully saturated rings. The maximum Gasteiger partial charge on any atom is 0.125 e. The van der Waals surface area contributed by atoms with Gasteiger partial charge in [-0.1, -0.05) is 17.3 Å². The highest BCUT2D eigenvalue weighted by molar-refractivity contribution is 6.01. The van der Waals surface area contributed by atoms with Gasteiger partial charge < -0.3 is 19.0 Å². The van der Waals surface area contributed by atoms with Crippen molar-refractivity contribution in [2.75, 3.05) is 26.9 Å². The van der Waals surface area contributed by atoms with E-state index in [1.54, 1.807) is 7.11 Å². The van der Waals surface area contributed by atoms with Crippen LogP contribution in [-0.4, -0.2) is 32.6 Å². The molecular weight excluding hydrogens is 390 g/mol. The first-order chi connectivity index (χ1) is 14.9. The van der Waals surface area contributed by atoms with E-state index in [-0.39, 0.29) is 0 Å². The molecule has 0 atom stereocenters. The van der Waals surface area contributed by atoms with E-state index in [4.69, 9.17) is 19.0 Å². The molecule has 2 rings (SSSR count). The molecular formula is C26H35NO4. The maximum atomic E-state index is 6.03. The summed E-state index contributed by atoms with van der Waals surface area (Å²) < 4.78 is 17.7. The van der Waals surface area contributed by atoms with Crippen molar-refractivity contribution in [1.29, 1.82) is 0 Å². The summed E-state index contributed by atoms with van der Waals surface area (Å²) in [7, 11) is 1.56. The number of ether oxygens (including phenoxy) is 3. The lowest BCUT2D eigenvalue weighted by Crippen LogP contribution is -2.08. The Morgan fingerprint density at radius 1 is 0.839 bits per heavy atom. The summed E-state index contributed by atoms with van der Waals surface area (Å²) in [4.78, 5) is 4.90. The van der Waals surface area contributed by atoms with Gasteiger partial charge >= 0.3 is 0 Å². The number of nitrogens with zero attached hydrogens (tertiary/aromatic N) is 1. The van der Waals surface area contributed by atoms with E-state index in [0.717, 1.165) is 57.2 Å². The zero-order valence-corrected chi connectivity index (χ0v) is 19.9. The third-order valence-electron chi connectivity index (χ3n) is 4.92. The zero-order chi connectivity index (χ0) is 22.8. The largest absolute Gasteiger partial charge is 0.493 e. The van der Waals surface area contributed by atoms with Crippen molar-refractivity contribution < 1.29 is 19.0 Å². The smallest absolute Gasteiger partial charge is 0.125 e. The third-order valence-corrected chi connectivity index (χ3v) is 4.92. The Labute approximate surface area is 186 Å². The fourth-order valence-electron chi connectivity index (χ4n) is 3.65. The quantitative estimate of drug-likeness (QED) is 0.189. The van der Waals surface area contributed by atoms with Crippen LogP contribution in [0.25, 0.3) is 0 Å². The van der Waals surface area contributed by atoms with Gasteiger partial charge in [0, 0.05) is 12.0 Å². The van der Waals surface area contributed by atoms with Crippen LogP contribution in [0.4, 0.5) is 0 Å². The number of allylic oxidation sites excluding steroid dienone is 1. The van der Waals surface area contributed by atoms with Crippen molar-refractivity contribution in [2.24, 2.45) is 5.16 Å². The molecule has 5 nitrogen and oxygen atoms in total. The summed E-state index contributed by atoms with van der Waals surface area (Å²) in [5.74, 6) is 2.64. The highest BCUT2D eigenvalue weighted by Gasteiger charge is 2.10. The molecule has 5 heteroatoms. The van der Waals surface area contributed by atoms with E-state index in [2.05, 4.69) is 19.0 Å². The molecule has 0 aromatic heterocycles. The fourth-order valence-corrected chi connectivity index (χ4v) is 3.65. The van der Waals surface area contributed by atoms with Gasteiger partial charge in [-0.05, 0) is 88.1 Å². The second-order valence-corrected chi connectivity index (χ2v) is 7.61. The SMILES string of the molecule is C/C=C/COc1cc(C)c(OCCCOc2cc(C)c(/C(C)=N/OC)c(C)c2)c(C)c1. The Morgan fingerprint density at radius 3 is 1.97 bits per heavy atom. The van der Waals surface area contributed by atoms with Crippen molar-refractivity contribution in [3.63, 3.8) is 0 Å². The number of hydrogen-bond acceptors (Lipinski definition) is 5. The second-order valence-electron chi connectivity index (χ2n) is 7.61. The molecule has 31 heavy (non-hydrogen) atoms. The number of hydrogen-bond donors (Lipinski definition) is 0. The van der Waals surface area contributed by atoms with Gasteiger partial charge in [0.05, 0.1) is 18.9 Å². The van der Waals surface area contributed by atoms with Gasteiger partial charge in [0.25, 0.3) is 0 Å². The van der Waals surface area contributed by atoms with Crippen LogP contribution in [0.3, 0.4) is 0 Å². The van der Waals surface area contributed by atoms with E-state index in [9.17, 15) is 0 Å². The summed E-state index contributed by atoms with van der Waals surface area (Å²) in [5, 5.41) is 4.05. The van der Waals surface area contributed by atoms with E-state index in [1.165, 1.54) is 0 Å². The van der Waals surface area contributed by atoms with Crippen molar-refractivity contribution in [2.45, 2.75) is 48.0 Å². The van der Waals surface area contributed by atoms with Gasteiger partial charge in [-0.2, -0.15) is 0 Å². The number of oxime groups is 1. The number of aryl methyl sites for hydroxylation is 4.